The zero-order valence-corrected chi connectivity index (χ0v) is 20.9. The van der Waals surface area contributed by atoms with Gasteiger partial charge in [0.15, 0.2) is 5.78 Å². The second-order valence-electron chi connectivity index (χ2n) is 11.8. The first-order chi connectivity index (χ1) is 16.8. The number of allylic oxidation sites excluding steroid dienone is 4. The van der Waals surface area contributed by atoms with E-state index in [1.165, 1.54) is 0 Å². The van der Waals surface area contributed by atoms with Gasteiger partial charge in [-0.3, -0.25) is 14.4 Å². The molecule has 9 nitrogen and oxygen atoms in total. The van der Waals surface area contributed by atoms with Crippen molar-refractivity contribution < 1.29 is 44.7 Å². The van der Waals surface area contributed by atoms with Gasteiger partial charge in [-0.15, -0.1) is 0 Å². The third kappa shape index (κ3) is 4.66. The first kappa shape index (κ1) is 27.0. The normalized spacial score (nSPS) is 40.9. The molecule has 4 unspecified atom stereocenters. The molecule has 0 amide bonds. The van der Waals surface area contributed by atoms with E-state index in [1.54, 1.807) is 12.2 Å². The van der Waals surface area contributed by atoms with Crippen LogP contribution in [0.15, 0.2) is 23.8 Å². The van der Waals surface area contributed by atoms with Crippen LogP contribution in [0.1, 0.15) is 65.2 Å². The number of aliphatic carboxylic acids is 1. The topological polar surface area (TPSA) is 162 Å². The molecular weight excluding hydrogens is 468 g/mol. The number of rotatable bonds is 8. The molecule has 0 aliphatic heterocycles. The second kappa shape index (κ2) is 9.67. The maximum atomic E-state index is 12.4. The summed E-state index contributed by atoms with van der Waals surface area (Å²) < 4.78 is 5.38. The Morgan fingerprint density at radius 3 is 2.56 bits per heavy atom. The average molecular weight is 507 g/mol. The van der Waals surface area contributed by atoms with E-state index in [-0.39, 0.29) is 36.6 Å². The lowest BCUT2D eigenvalue weighted by atomic mass is 9.46. The van der Waals surface area contributed by atoms with Gasteiger partial charge in [-0.25, -0.2) is 0 Å². The first-order valence-corrected chi connectivity index (χ1v) is 12.9. The van der Waals surface area contributed by atoms with Gasteiger partial charge in [0, 0.05) is 23.2 Å². The highest BCUT2D eigenvalue weighted by atomic mass is 16.5. The lowest BCUT2D eigenvalue weighted by molar-refractivity contribution is -0.188. The van der Waals surface area contributed by atoms with Crippen molar-refractivity contribution in [3.63, 3.8) is 0 Å². The zero-order valence-electron chi connectivity index (χ0n) is 20.9. The smallest absolute Gasteiger partial charge is 0.308 e. The Kier molecular flexibility index (Phi) is 7.24. The van der Waals surface area contributed by atoms with Crippen LogP contribution in [0.3, 0.4) is 0 Å². The van der Waals surface area contributed by atoms with E-state index in [0.717, 1.165) is 24.8 Å². The van der Waals surface area contributed by atoms with Crippen molar-refractivity contribution in [2.45, 2.75) is 89.1 Å². The Labute approximate surface area is 210 Å². The van der Waals surface area contributed by atoms with Gasteiger partial charge in [-0.2, -0.15) is 0 Å². The summed E-state index contributed by atoms with van der Waals surface area (Å²) in [6.07, 6.45) is 3.90. The molecule has 0 saturated heterocycles. The molecule has 0 spiro atoms. The number of hydrogen-bond acceptors (Lipinski definition) is 8. The van der Waals surface area contributed by atoms with Crippen LogP contribution in [0.2, 0.25) is 0 Å². The number of ketones is 1. The number of carboxylic acid groups (broad SMARTS) is 1. The molecule has 0 bridgehead atoms. The molecule has 5 N–H and O–H groups in total. The van der Waals surface area contributed by atoms with E-state index < -0.39 is 59.5 Å². The number of fused-ring (bicyclic) bond motifs is 5. The molecule has 4 aliphatic rings. The fourth-order valence-corrected chi connectivity index (χ4v) is 7.79. The van der Waals surface area contributed by atoms with Crippen LogP contribution in [0.4, 0.5) is 0 Å². The van der Waals surface area contributed by atoms with Gasteiger partial charge >= 0.3 is 11.9 Å². The number of ether oxygens (including phenoxy) is 1. The number of aliphatic hydroxyl groups excluding tert-OH is 3. The standard InChI is InChI=1S/C27H38O9/c1-25-7-5-16(28)9-15(25)3-4-19-20-6-8-27(35,26(20,2)13-21(31)24(19)25)14-36-23(34)12-18(30)10-17(29)11-22(32)33/h5,7,9,17-21,24,29-31,35H,3-4,6,8,10-14H2,1-2H3,(H,32,33)/t17-,18+,19?,20?,21?,24?,25-,26-,27-/m0/s1. The van der Waals surface area contributed by atoms with E-state index in [1.807, 2.05) is 13.0 Å². The van der Waals surface area contributed by atoms with Crippen molar-refractivity contribution in [1.29, 1.82) is 0 Å². The molecule has 4 aliphatic carbocycles. The highest BCUT2D eigenvalue weighted by molar-refractivity contribution is 6.01. The van der Waals surface area contributed by atoms with E-state index in [0.29, 0.717) is 12.8 Å². The zero-order chi connectivity index (χ0) is 26.5. The lowest BCUT2D eigenvalue weighted by Gasteiger charge is -2.59. The predicted molar refractivity (Wildman–Crippen MR) is 127 cm³/mol. The van der Waals surface area contributed by atoms with Gasteiger partial charge < -0.3 is 30.3 Å². The maximum absolute atomic E-state index is 12.4. The Balaban J connectivity index is 1.42. The van der Waals surface area contributed by atoms with Crippen molar-refractivity contribution in [2.24, 2.45) is 28.6 Å². The summed E-state index contributed by atoms with van der Waals surface area (Å²) in [6, 6.07) is 0. The second-order valence-corrected chi connectivity index (χ2v) is 11.8. The van der Waals surface area contributed by atoms with Crippen molar-refractivity contribution in [3.8, 4) is 0 Å². The molecule has 0 radical (unpaired) electrons. The molecule has 3 fully saturated rings. The Bertz CT molecular complexity index is 972. The minimum Gasteiger partial charge on any atom is -0.481 e. The molecule has 3 saturated carbocycles. The van der Waals surface area contributed by atoms with E-state index in [4.69, 9.17) is 9.84 Å². The Morgan fingerprint density at radius 2 is 1.86 bits per heavy atom. The molecule has 0 heterocycles. The van der Waals surface area contributed by atoms with Crippen molar-refractivity contribution in [2.75, 3.05) is 6.61 Å². The van der Waals surface area contributed by atoms with Crippen molar-refractivity contribution in [3.05, 3.63) is 23.8 Å². The fourth-order valence-electron chi connectivity index (χ4n) is 7.79. The number of hydrogen-bond donors (Lipinski definition) is 5. The average Bonchev–Trinajstić information content (AvgIpc) is 3.02. The van der Waals surface area contributed by atoms with Gasteiger partial charge in [-0.05, 0) is 56.1 Å². The van der Waals surface area contributed by atoms with Crippen LogP contribution < -0.4 is 0 Å². The maximum Gasteiger partial charge on any atom is 0.308 e. The first-order valence-electron chi connectivity index (χ1n) is 12.9. The summed E-state index contributed by atoms with van der Waals surface area (Å²) in [5, 5.41) is 51.5. The molecular formula is C27H38O9. The summed E-state index contributed by atoms with van der Waals surface area (Å²) >= 11 is 0. The summed E-state index contributed by atoms with van der Waals surface area (Å²) in [5.74, 6) is -1.74. The molecule has 9 atom stereocenters. The molecule has 0 aromatic heterocycles. The third-order valence-corrected chi connectivity index (χ3v) is 9.65. The minimum absolute atomic E-state index is 0.0189. The lowest BCUT2D eigenvalue weighted by Crippen LogP contribution is -2.60. The Hall–Kier alpha value is -2.07. The highest BCUT2D eigenvalue weighted by Crippen LogP contribution is 2.66. The van der Waals surface area contributed by atoms with Crippen molar-refractivity contribution >= 4 is 17.7 Å². The molecule has 200 valence electrons. The number of carbonyl (C=O) groups is 3. The van der Waals surface area contributed by atoms with Crippen LogP contribution in [0.25, 0.3) is 0 Å². The van der Waals surface area contributed by atoms with Crippen LogP contribution in [-0.2, 0) is 19.1 Å². The van der Waals surface area contributed by atoms with E-state index >= 15 is 0 Å². The molecule has 9 heteroatoms. The predicted octanol–water partition coefficient (Wildman–Crippen LogP) is 1.52. The van der Waals surface area contributed by atoms with E-state index in [2.05, 4.69) is 6.92 Å². The quantitative estimate of drug-likeness (QED) is 0.307. The highest BCUT2D eigenvalue weighted by Gasteiger charge is 2.66. The molecule has 0 aromatic carbocycles. The molecule has 0 aromatic rings. The van der Waals surface area contributed by atoms with Crippen LogP contribution in [0.5, 0.6) is 0 Å². The summed E-state index contributed by atoms with van der Waals surface area (Å²) in [4.78, 5) is 35.0. The van der Waals surface area contributed by atoms with Crippen molar-refractivity contribution in [1.82, 2.24) is 0 Å². The van der Waals surface area contributed by atoms with Gasteiger partial charge in [0.2, 0.25) is 0 Å². The van der Waals surface area contributed by atoms with Crippen LogP contribution in [-0.4, -0.2) is 73.8 Å². The van der Waals surface area contributed by atoms with Crippen LogP contribution >= 0.6 is 0 Å². The van der Waals surface area contributed by atoms with Crippen LogP contribution in [0, 0.1) is 28.6 Å². The third-order valence-electron chi connectivity index (χ3n) is 9.65. The monoisotopic (exact) mass is 506 g/mol. The minimum atomic E-state index is -1.33. The number of aliphatic hydroxyl groups is 4. The number of carboxylic acids is 1. The summed E-state index contributed by atoms with van der Waals surface area (Å²) in [7, 11) is 0. The molecule has 4 rings (SSSR count). The summed E-state index contributed by atoms with van der Waals surface area (Å²) in [6.45, 7) is 3.79. The largest absolute Gasteiger partial charge is 0.481 e. The number of carbonyl (C=O) groups excluding carboxylic acids is 2. The van der Waals surface area contributed by atoms with Gasteiger partial charge in [0.25, 0.3) is 0 Å². The molecule has 36 heavy (non-hydrogen) atoms. The van der Waals surface area contributed by atoms with Gasteiger partial charge in [0.1, 0.15) is 12.2 Å². The number of esters is 1. The summed E-state index contributed by atoms with van der Waals surface area (Å²) in [5.41, 5.74) is -1.34. The SMILES string of the molecule is C[C@]12C=CC(=O)C=C1CCC1C2C(O)C[C@@]2(C)C1CC[C@]2(O)COC(=O)C[C@H](O)C[C@H](O)CC(=O)O. The van der Waals surface area contributed by atoms with E-state index in [9.17, 15) is 34.8 Å². The Morgan fingerprint density at radius 1 is 1.17 bits per heavy atom. The van der Waals surface area contributed by atoms with Gasteiger partial charge in [0.05, 0.1) is 31.2 Å². The fraction of sp³-hybridized carbons (Fsp3) is 0.741. The van der Waals surface area contributed by atoms with Gasteiger partial charge in [-0.1, -0.05) is 25.5 Å².